The van der Waals surface area contributed by atoms with Crippen molar-refractivity contribution in [2.24, 2.45) is 0 Å². The molecule has 1 N–H and O–H groups in total. The van der Waals surface area contributed by atoms with Crippen LogP contribution in [0.25, 0.3) is 0 Å². The predicted molar refractivity (Wildman–Crippen MR) is 113 cm³/mol. The molecular formula is C23H24N4O4. The van der Waals surface area contributed by atoms with Crippen LogP contribution in [0.1, 0.15) is 29.5 Å². The molecule has 2 heterocycles. The summed E-state index contributed by atoms with van der Waals surface area (Å²) in [5.41, 5.74) is 1.04. The molecule has 160 valence electrons. The third kappa shape index (κ3) is 3.18. The van der Waals surface area contributed by atoms with Gasteiger partial charge in [-0.15, -0.1) is 0 Å². The molecule has 2 aliphatic heterocycles. The highest BCUT2D eigenvalue weighted by molar-refractivity contribution is 6.09. The van der Waals surface area contributed by atoms with Gasteiger partial charge in [0, 0.05) is 37.5 Å². The minimum atomic E-state index is -1.30. The van der Waals surface area contributed by atoms with E-state index in [9.17, 15) is 14.9 Å². The summed E-state index contributed by atoms with van der Waals surface area (Å²) >= 11 is 0. The van der Waals surface area contributed by atoms with E-state index in [0.29, 0.717) is 41.1 Å². The fraction of sp³-hybridized carbons (Fsp3) is 0.348. The van der Waals surface area contributed by atoms with E-state index in [0.717, 1.165) is 6.42 Å². The van der Waals surface area contributed by atoms with Crippen LogP contribution in [0.3, 0.4) is 0 Å². The quantitative estimate of drug-likeness (QED) is 0.817. The number of carbonyl (C=O) groups is 2. The van der Waals surface area contributed by atoms with E-state index in [4.69, 9.17) is 9.47 Å². The number of methoxy groups -OCH3 is 1. The number of ether oxygens (including phenoxy) is 2. The van der Waals surface area contributed by atoms with Gasteiger partial charge in [0.05, 0.1) is 18.7 Å². The SMILES string of the molecule is COc1ccccc1C1(N2CCC[C@@H]2OC(=O)N(C)C)C(=O)Nc2ccc(C#N)cc21. The summed E-state index contributed by atoms with van der Waals surface area (Å²) in [5, 5.41) is 12.5. The van der Waals surface area contributed by atoms with Crippen molar-refractivity contribution in [1.82, 2.24) is 9.80 Å². The lowest BCUT2D eigenvalue weighted by Gasteiger charge is -2.41. The zero-order valence-corrected chi connectivity index (χ0v) is 17.7. The van der Waals surface area contributed by atoms with Crippen molar-refractivity contribution >= 4 is 17.7 Å². The number of hydrogen-bond donors (Lipinski definition) is 1. The molecule has 1 unspecified atom stereocenters. The Labute approximate surface area is 181 Å². The number of hydrogen-bond acceptors (Lipinski definition) is 6. The van der Waals surface area contributed by atoms with Crippen LogP contribution >= 0.6 is 0 Å². The summed E-state index contributed by atoms with van der Waals surface area (Å²) in [6.45, 7) is 0.535. The molecule has 2 aliphatic rings. The van der Waals surface area contributed by atoms with Gasteiger partial charge in [-0.3, -0.25) is 4.79 Å². The van der Waals surface area contributed by atoms with Gasteiger partial charge in [0.2, 0.25) is 0 Å². The number of rotatable bonds is 4. The number of benzene rings is 2. The van der Waals surface area contributed by atoms with Crippen molar-refractivity contribution < 1.29 is 19.1 Å². The standard InChI is InChI=1S/C23H24N4O4/c1-26(2)22(29)31-20-9-6-12-27(20)23(16-7-4-5-8-19(16)30-3)17-13-15(14-24)10-11-18(17)25-21(23)28/h4-5,7-8,10-11,13,20H,6,9,12H2,1-3H3,(H,25,28)/t20-,23?/m0/s1. The first-order chi connectivity index (χ1) is 14.9. The lowest BCUT2D eigenvalue weighted by Crippen LogP contribution is -2.55. The van der Waals surface area contributed by atoms with Gasteiger partial charge in [0.1, 0.15) is 5.75 Å². The van der Waals surface area contributed by atoms with Gasteiger partial charge in [-0.2, -0.15) is 5.26 Å². The van der Waals surface area contributed by atoms with Crippen molar-refractivity contribution in [3.05, 3.63) is 59.2 Å². The Kier molecular flexibility index (Phi) is 5.29. The molecule has 2 atom stereocenters. The van der Waals surface area contributed by atoms with E-state index in [1.54, 1.807) is 45.5 Å². The van der Waals surface area contributed by atoms with Gasteiger partial charge in [-0.05, 0) is 37.1 Å². The molecule has 8 nitrogen and oxygen atoms in total. The summed E-state index contributed by atoms with van der Waals surface area (Å²) in [6, 6.07) is 14.6. The molecule has 0 radical (unpaired) electrons. The fourth-order valence-corrected chi connectivity index (χ4v) is 4.47. The average molecular weight is 420 g/mol. The molecule has 0 saturated carbocycles. The third-order valence-corrected chi connectivity index (χ3v) is 5.84. The molecule has 1 saturated heterocycles. The van der Waals surface area contributed by atoms with Crippen molar-refractivity contribution in [3.8, 4) is 11.8 Å². The number of nitriles is 1. The Hall–Kier alpha value is -3.57. The summed E-state index contributed by atoms with van der Waals surface area (Å²) < 4.78 is 11.4. The molecule has 0 aromatic heterocycles. The first kappa shape index (κ1) is 20.7. The topological polar surface area (TPSA) is 94.9 Å². The summed E-state index contributed by atoms with van der Waals surface area (Å²) in [7, 11) is 4.79. The smallest absolute Gasteiger partial charge is 0.410 e. The van der Waals surface area contributed by atoms with Gasteiger partial charge < -0.3 is 19.7 Å². The molecule has 0 spiro atoms. The van der Waals surface area contributed by atoms with Crippen LogP contribution in [0.5, 0.6) is 5.75 Å². The molecule has 0 aliphatic carbocycles. The Morgan fingerprint density at radius 1 is 1.26 bits per heavy atom. The summed E-state index contributed by atoms with van der Waals surface area (Å²) in [6.07, 6.45) is 0.263. The Balaban J connectivity index is 1.96. The van der Waals surface area contributed by atoms with Gasteiger partial charge >= 0.3 is 6.09 Å². The molecule has 2 aromatic rings. The first-order valence-electron chi connectivity index (χ1n) is 10.1. The van der Waals surface area contributed by atoms with Crippen molar-refractivity contribution in [3.63, 3.8) is 0 Å². The average Bonchev–Trinajstić information content (AvgIpc) is 3.34. The minimum Gasteiger partial charge on any atom is -0.496 e. The highest BCUT2D eigenvalue weighted by Crippen LogP contribution is 2.51. The van der Waals surface area contributed by atoms with Crippen LogP contribution < -0.4 is 10.1 Å². The second-order valence-electron chi connectivity index (χ2n) is 7.81. The van der Waals surface area contributed by atoms with Crippen molar-refractivity contribution in [2.45, 2.75) is 24.6 Å². The zero-order chi connectivity index (χ0) is 22.2. The normalized spacial score (nSPS) is 22.4. The van der Waals surface area contributed by atoms with Crippen molar-refractivity contribution in [2.75, 3.05) is 33.1 Å². The number of para-hydroxylation sites is 1. The second kappa shape index (κ2) is 7.93. The molecule has 2 aromatic carbocycles. The molecule has 4 rings (SSSR count). The Bertz CT molecular complexity index is 1080. The van der Waals surface area contributed by atoms with E-state index in [1.807, 2.05) is 23.1 Å². The van der Waals surface area contributed by atoms with Crippen LogP contribution in [0.2, 0.25) is 0 Å². The van der Waals surface area contributed by atoms with E-state index >= 15 is 0 Å². The lowest BCUT2D eigenvalue weighted by atomic mass is 9.81. The maximum absolute atomic E-state index is 13.7. The maximum Gasteiger partial charge on any atom is 0.410 e. The van der Waals surface area contributed by atoms with Gasteiger partial charge in [0.15, 0.2) is 11.8 Å². The van der Waals surface area contributed by atoms with Crippen molar-refractivity contribution in [1.29, 1.82) is 5.26 Å². The first-order valence-corrected chi connectivity index (χ1v) is 10.1. The number of likely N-dealkylation sites (tertiary alicyclic amines) is 1. The number of amides is 2. The highest BCUT2D eigenvalue weighted by Gasteiger charge is 2.57. The largest absolute Gasteiger partial charge is 0.496 e. The molecular weight excluding hydrogens is 396 g/mol. The molecule has 31 heavy (non-hydrogen) atoms. The predicted octanol–water partition coefficient (Wildman–Crippen LogP) is 2.88. The molecule has 1 fully saturated rings. The van der Waals surface area contributed by atoms with Gasteiger partial charge in [-0.1, -0.05) is 18.2 Å². The van der Waals surface area contributed by atoms with Crippen LogP contribution in [0, 0.1) is 11.3 Å². The zero-order valence-electron chi connectivity index (χ0n) is 17.7. The number of nitrogens with one attached hydrogen (secondary N) is 1. The monoisotopic (exact) mass is 420 g/mol. The number of nitrogens with zero attached hydrogens (tertiary/aromatic N) is 3. The molecule has 8 heteroatoms. The third-order valence-electron chi connectivity index (χ3n) is 5.84. The Morgan fingerprint density at radius 3 is 2.74 bits per heavy atom. The van der Waals surface area contributed by atoms with Crippen LogP contribution in [0.15, 0.2) is 42.5 Å². The number of carbonyl (C=O) groups excluding carboxylic acids is 2. The van der Waals surface area contributed by atoms with Crippen LogP contribution in [-0.2, 0) is 15.1 Å². The minimum absolute atomic E-state index is 0.269. The highest BCUT2D eigenvalue weighted by atomic mass is 16.6. The molecule has 2 amide bonds. The van der Waals surface area contributed by atoms with Gasteiger partial charge in [0.25, 0.3) is 5.91 Å². The lowest BCUT2D eigenvalue weighted by molar-refractivity contribution is -0.131. The number of anilines is 1. The summed E-state index contributed by atoms with van der Waals surface area (Å²) in [4.78, 5) is 29.4. The van der Waals surface area contributed by atoms with E-state index in [1.165, 1.54) is 4.90 Å². The summed E-state index contributed by atoms with van der Waals surface area (Å²) in [5.74, 6) is 0.271. The van der Waals surface area contributed by atoms with E-state index < -0.39 is 17.9 Å². The molecule has 0 bridgehead atoms. The van der Waals surface area contributed by atoms with E-state index in [2.05, 4.69) is 11.4 Å². The number of fused-ring (bicyclic) bond motifs is 1. The van der Waals surface area contributed by atoms with Gasteiger partial charge in [-0.25, -0.2) is 9.69 Å². The fourth-order valence-electron chi connectivity index (χ4n) is 4.47. The van der Waals surface area contributed by atoms with Crippen LogP contribution in [0.4, 0.5) is 10.5 Å². The van der Waals surface area contributed by atoms with E-state index in [-0.39, 0.29) is 5.91 Å². The second-order valence-corrected chi connectivity index (χ2v) is 7.81. The Morgan fingerprint density at radius 2 is 2.03 bits per heavy atom. The van der Waals surface area contributed by atoms with Crippen LogP contribution in [-0.4, -0.2) is 55.8 Å². The maximum atomic E-state index is 13.7.